The summed E-state index contributed by atoms with van der Waals surface area (Å²) in [6.45, 7) is 0. The number of H-pyrrole nitrogens is 1. The van der Waals surface area contributed by atoms with Crippen molar-refractivity contribution >= 4 is 32.1 Å². The van der Waals surface area contributed by atoms with Crippen LogP contribution in [0.1, 0.15) is 0 Å². The van der Waals surface area contributed by atoms with E-state index in [4.69, 9.17) is 10.1 Å². The molecule has 0 atom stereocenters. The van der Waals surface area contributed by atoms with E-state index in [1.807, 2.05) is 59.2 Å². The van der Waals surface area contributed by atoms with Crippen LogP contribution in [0.5, 0.6) is 0 Å². The molecule has 0 unspecified atom stereocenters. The van der Waals surface area contributed by atoms with Gasteiger partial charge in [0.15, 0.2) is 0 Å². The number of hydrogen-bond donors (Lipinski definition) is 2. The summed E-state index contributed by atoms with van der Waals surface area (Å²) in [6, 6.07) is 24.4. The van der Waals surface area contributed by atoms with E-state index in [9.17, 15) is 8.42 Å². The highest BCUT2D eigenvalue weighted by atomic mass is 32.2. The van der Waals surface area contributed by atoms with E-state index in [-0.39, 0.29) is 4.90 Å². The maximum Gasteiger partial charge on any atom is 0.238 e. The molecule has 28 heavy (non-hydrogen) atoms. The van der Waals surface area contributed by atoms with Crippen LogP contribution in [0.3, 0.4) is 0 Å². The maximum atomic E-state index is 11.6. The average Bonchev–Trinajstić information content (AvgIpc) is 3.24. The molecule has 2 aromatic heterocycles. The second-order valence-corrected chi connectivity index (χ2v) is 8.10. The molecule has 138 valence electrons. The zero-order valence-corrected chi connectivity index (χ0v) is 15.5. The predicted molar refractivity (Wildman–Crippen MR) is 110 cm³/mol. The molecule has 3 N–H and O–H groups in total. The molecule has 7 heteroatoms. The van der Waals surface area contributed by atoms with Crippen LogP contribution in [0, 0.1) is 0 Å². The minimum atomic E-state index is -3.75. The summed E-state index contributed by atoms with van der Waals surface area (Å²) in [5, 5.41) is 6.27. The Labute approximate surface area is 161 Å². The number of benzene rings is 3. The van der Waals surface area contributed by atoms with Gasteiger partial charge in [0.05, 0.1) is 4.90 Å². The molecule has 0 saturated heterocycles. The summed E-state index contributed by atoms with van der Waals surface area (Å²) in [5.41, 5.74) is 4.47. The average molecular weight is 388 g/mol. The molecule has 3 aromatic carbocycles. The van der Waals surface area contributed by atoms with Gasteiger partial charge in [0.2, 0.25) is 10.0 Å². The first kappa shape index (κ1) is 16.7. The van der Waals surface area contributed by atoms with Gasteiger partial charge in [-0.05, 0) is 30.3 Å². The molecule has 6 nitrogen and oxygen atoms in total. The van der Waals surface area contributed by atoms with E-state index in [0.29, 0.717) is 0 Å². The zero-order valence-electron chi connectivity index (χ0n) is 14.7. The summed E-state index contributed by atoms with van der Waals surface area (Å²) in [6.07, 6.45) is 0. The number of hydrogen-bond acceptors (Lipinski definition) is 3. The smallest absolute Gasteiger partial charge is 0.238 e. The molecular weight excluding hydrogens is 372 g/mol. The molecular formula is C21H16N4O2S. The van der Waals surface area contributed by atoms with Crippen LogP contribution in [0.4, 0.5) is 0 Å². The van der Waals surface area contributed by atoms with Crippen molar-refractivity contribution in [1.82, 2.24) is 14.5 Å². The van der Waals surface area contributed by atoms with Crippen LogP contribution < -0.4 is 5.14 Å². The third-order valence-electron chi connectivity index (χ3n) is 4.77. The van der Waals surface area contributed by atoms with Crippen molar-refractivity contribution in [2.24, 2.45) is 5.14 Å². The summed E-state index contributed by atoms with van der Waals surface area (Å²) >= 11 is 0. The molecule has 0 saturated carbocycles. The highest BCUT2D eigenvalue weighted by Gasteiger charge is 2.18. The van der Waals surface area contributed by atoms with Gasteiger partial charge >= 0.3 is 0 Å². The Morgan fingerprint density at radius 3 is 2.25 bits per heavy atom. The number of para-hydroxylation sites is 1. The van der Waals surface area contributed by atoms with Gasteiger partial charge in [0.25, 0.3) is 0 Å². The van der Waals surface area contributed by atoms with Crippen LogP contribution in [0.15, 0.2) is 83.8 Å². The predicted octanol–water partition coefficient (Wildman–Crippen LogP) is 3.82. The van der Waals surface area contributed by atoms with Crippen molar-refractivity contribution in [2.45, 2.75) is 4.90 Å². The fourth-order valence-electron chi connectivity index (χ4n) is 3.47. The first-order valence-corrected chi connectivity index (χ1v) is 10.2. The van der Waals surface area contributed by atoms with Gasteiger partial charge in [-0.2, -0.15) is 0 Å². The number of nitrogens with two attached hydrogens (primary N) is 1. The number of nitrogens with one attached hydrogen (secondary N) is 1. The van der Waals surface area contributed by atoms with Gasteiger partial charge in [0, 0.05) is 22.2 Å². The lowest BCUT2D eigenvalue weighted by atomic mass is 10.2. The van der Waals surface area contributed by atoms with Crippen molar-refractivity contribution in [1.29, 1.82) is 0 Å². The van der Waals surface area contributed by atoms with Gasteiger partial charge in [0.1, 0.15) is 17.0 Å². The molecule has 5 rings (SSSR count). The number of primary sulfonamides is 1. The number of fused-ring (bicyclic) bond motifs is 3. The van der Waals surface area contributed by atoms with E-state index in [0.717, 1.165) is 39.1 Å². The quantitative estimate of drug-likeness (QED) is 0.492. The molecule has 2 heterocycles. The third kappa shape index (κ3) is 2.60. The SMILES string of the molecule is NS(=O)(=O)c1ccc(-n2c(-c3ccccc3)nc3c4ccccc4[nH]c32)cc1. The minimum absolute atomic E-state index is 0.0746. The Balaban J connectivity index is 1.82. The van der Waals surface area contributed by atoms with Crippen LogP contribution >= 0.6 is 0 Å². The topological polar surface area (TPSA) is 93.8 Å². The van der Waals surface area contributed by atoms with Crippen molar-refractivity contribution in [2.75, 3.05) is 0 Å². The summed E-state index contributed by atoms with van der Waals surface area (Å²) < 4.78 is 25.2. The molecule has 0 radical (unpaired) electrons. The van der Waals surface area contributed by atoms with E-state index in [1.54, 1.807) is 12.1 Å². The Bertz CT molecular complexity index is 1420. The maximum absolute atomic E-state index is 11.6. The summed E-state index contributed by atoms with van der Waals surface area (Å²) in [4.78, 5) is 8.42. The standard InChI is InChI=1S/C21H16N4O2S/c22-28(26,27)16-12-10-15(11-13-16)25-20(14-6-2-1-3-7-14)24-19-17-8-4-5-9-18(17)23-21(19)25/h1-13,23H,(H2,22,26,27). The first-order chi connectivity index (χ1) is 13.5. The lowest BCUT2D eigenvalue weighted by Gasteiger charge is -2.09. The van der Waals surface area contributed by atoms with Gasteiger partial charge in [-0.1, -0.05) is 48.5 Å². The lowest BCUT2D eigenvalue weighted by Crippen LogP contribution is -2.12. The highest BCUT2D eigenvalue weighted by molar-refractivity contribution is 7.89. The third-order valence-corrected chi connectivity index (χ3v) is 5.70. The van der Waals surface area contributed by atoms with Crippen LogP contribution in [0.2, 0.25) is 0 Å². The van der Waals surface area contributed by atoms with E-state index < -0.39 is 10.0 Å². The monoisotopic (exact) mass is 388 g/mol. The minimum Gasteiger partial charge on any atom is -0.339 e. The van der Waals surface area contributed by atoms with Crippen LogP contribution in [-0.2, 0) is 10.0 Å². The van der Waals surface area contributed by atoms with Crippen LogP contribution in [0.25, 0.3) is 39.1 Å². The molecule has 0 aliphatic carbocycles. The Hall–Kier alpha value is -3.42. The van der Waals surface area contributed by atoms with E-state index in [1.165, 1.54) is 12.1 Å². The Morgan fingerprint density at radius 2 is 1.54 bits per heavy atom. The highest BCUT2D eigenvalue weighted by Crippen LogP contribution is 2.32. The van der Waals surface area contributed by atoms with Gasteiger partial charge in [-0.15, -0.1) is 0 Å². The van der Waals surface area contributed by atoms with Gasteiger partial charge in [-0.3, -0.25) is 4.57 Å². The van der Waals surface area contributed by atoms with Gasteiger partial charge in [-0.25, -0.2) is 18.5 Å². The second kappa shape index (κ2) is 6.05. The number of rotatable bonds is 3. The molecule has 0 aliphatic rings. The van der Waals surface area contributed by atoms with Crippen molar-refractivity contribution in [3.05, 3.63) is 78.9 Å². The van der Waals surface area contributed by atoms with E-state index >= 15 is 0 Å². The van der Waals surface area contributed by atoms with E-state index in [2.05, 4.69) is 4.98 Å². The first-order valence-electron chi connectivity index (χ1n) is 8.70. The van der Waals surface area contributed by atoms with Crippen molar-refractivity contribution in [3.63, 3.8) is 0 Å². The largest absolute Gasteiger partial charge is 0.339 e. The fourth-order valence-corrected chi connectivity index (χ4v) is 3.98. The zero-order chi connectivity index (χ0) is 19.3. The molecule has 5 aromatic rings. The fraction of sp³-hybridized carbons (Fsp3) is 0. The van der Waals surface area contributed by atoms with Crippen LogP contribution in [-0.4, -0.2) is 23.0 Å². The van der Waals surface area contributed by atoms with Crippen molar-refractivity contribution in [3.8, 4) is 17.1 Å². The Kier molecular flexibility index (Phi) is 3.61. The van der Waals surface area contributed by atoms with Gasteiger partial charge < -0.3 is 4.98 Å². The molecule has 0 bridgehead atoms. The lowest BCUT2D eigenvalue weighted by molar-refractivity contribution is 0.598. The summed E-state index contributed by atoms with van der Waals surface area (Å²) in [5.74, 6) is 0.774. The molecule has 0 aliphatic heterocycles. The number of imidazole rings is 1. The van der Waals surface area contributed by atoms with Crippen molar-refractivity contribution < 1.29 is 8.42 Å². The summed E-state index contributed by atoms with van der Waals surface area (Å²) in [7, 11) is -3.75. The molecule has 0 amide bonds. The number of aromatic nitrogens is 3. The normalized spacial score (nSPS) is 12.0. The number of nitrogens with zero attached hydrogens (tertiary/aromatic N) is 2. The Morgan fingerprint density at radius 1 is 0.857 bits per heavy atom. The number of aromatic amines is 1. The second-order valence-electron chi connectivity index (χ2n) is 6.54. The number of sulfonamides is 1. The molecule has 0 spiro atoms. The molecule has 0 fully saturated rings.